The smallest absolute Gasteiger partial charge is 0.412 e. The minimum atomic E-state index is -0.656. The van der Waals surface area contributed by atoms with Gasteiger partial charge in [-0.05, 0) is 49.9 Å². The highest BCUT2D eigenvalue weighted by Crippen LogP contribution is 2.45. The Labute approximate surface area is 257 Å². The second-order valence-corrected chi connectivity index (χ2v) is 12.0. The normalized spacial score (nSPS) is 14.6. The molecule has 0 bridgehead atoms. The van der Waals surface area contributed by atoms with Crippen LogP contribution in [-0.4, -0.2) is 50.6 Å². The predicted octanol–water partition coefficient (Wildman–Crippen LogP) is 6.61. The van der Waals surface area contributed by atoms with Gasteiger partial charge < -0.3 is 29.0 Å². The van der Waals surface area contributed by atoms with Crippen molar-refractivity contribution in [3.8, 4) is 5.75 Å². The van der Waals surface area contributed by atoms with Crippen molar-refractivity contribution in [2.45, 2.75) is 32.3 Å². The number of nitrogens with zero attached hydrogens (tertiary/aromatic N) is 3. The maximum atomic E-state index is 13.8. The summed E-state index contributed by atoms with van der Waals surface area (Å²) in [6, 6.07) is 15.5. The number of rotatable bonds is 5. The molecule has 44 heavy (non-hydrogen) atoms. The molecule has 1 atom stereocenters. The monoisotopic (exact) mass is 615 g/mol. The van der Waals surface area contributed by atoms with Crippen molar-refractivity contribution in [1.82, 2.24) is 9.55 Å². The van der Waals surface area contributed by atoms with Gasteiger partial charge in [-0.3, -0.25) is 14.9 Å². The predicted molar refractivity (Wildman–Crippen MR) is 168 cm³/mol. The number of halogens is 1. The first-order chi connectivity index (χ1) is 20.9. The average molecular weight is 616 g/mol. The number of ether oxygens (including phenoxy) is 1. The minimum Gasteiger partial charge on any atom is -0.507 e. The number of hydrogen-bond acceptors (Lipinski definition) is 7. The summed E-state index contributed by atoms with van der Waals surface area (Å²) < 4.78 is 12.6. The maximum absolute atomic E-state index is 13.8. The molecular formula is C32H30ClN5O6. The van der Waals surface area contributed by atoms with Crippen molar-refractivity contribution in [2.75, 3.05) is 28.0 Å². The summed E-state index contributed by atoms with van der Waals surface area (Å²) in [4.78, 5) is 44.8. The standard InChI is InChI=1S/C32H30ClN5O6/c1-32(2,3)44-31(42)35-18-9-10-22-26(12-18)43-29(36-22)28(40)34-19-11-24(37(4)16-19)30(41)38-15-17(14-33)27-21-8-6-5-7-20(21)25(39)13-23(27)38/h5-13,16-17,39H,14-15H2,1-4H3,(H,34,40)(H,35,42)/t17-/m1/s1. The van der Waals surface area contributed by atoms with Crippen LogP contribution in [0.25, 0.3) is 21.9 Å². The number of phenolic OH excluding ortho intramolecular Hbond substituents is 1. The summed E-state index contributed by atoms with van der Waals surface area (Å²) in [5.41, 5.74) is 2.70. The van der Waals surface area contributed by atoms with Gasteiger partial charge >= 0.3 is 12.0 Å². The van der Waals surface area contributed by atoms with Crippen molar-refractivity contribution in [2.24, 2.45) is 7.05 Å². The zero-order valence-corrected chi connectivity index (χ0v) is 25.2. The van der Waals surface area contributed by atoms with E-state index in [-0.39, 0.29) is 23.5 Å². The van der Waals surface area contributed by atoms with Crippen LogP contribution in [0, 0.1) is 0 Å². The van der Waals surface area contributed by atoms with Gasteiger partial charge in [0.2, 0.25) is 0 Å². The Balaban J connectivity index is 1.21. The van der Waals surface area contributed by atoms with Crippen molar-refractivity contribution < 1.29 is 28.6 Å². The summed E-state index contributed by atoms with van der Waals surface area (Å²) in [7, 11) is 1.70. The minimum absolute atomic E-state index is 0.0817. The topological polar surface area (TPSA) is 139 Å². The highest BCUT2D eigenvalue weighted by Gasteiger charge is 2.36. The third-order valence-corrected chi connectivity index (χ3v) is 7.66. The molecule has 6 rings (SSSR count). The second kappa shape index (κ2) is 10.9. The zero-order chi connectivity index (χ0) is 31.3. The van der Waals surface area contributed by atoms with E-state index in [2.05, 4.69) is 15.6 Å². The number of aromatic nitrogens is 2. The summed E-state index contributed by atoms with van der Waals surface area (Å²) >= 11 is 6.33. The van der Waals surface area contributed by atoms with E-state index in [4.69, 9.17) is 20.8 Å². The molecule has 3 amide bonds. The Morgan fingerprint density at radius 3 is 2.55 bits per heavy atom. The number of nitrogens with one attached hydrogen (secondary N) is 2. The van der Waals surface area contributed by atoms with Crippen LogP contribution in [0.4, 0.5) is 21.9 Å². The number of amides is 3. The number of carbonyl (C=O) groups excluding carboxylic acids is 3. The number of benzene rings is 3. The summed E-state index contributed by atoms with van der Waals surface area (Å²) in [6.07, 6.45) is 0.995. The van der Waals surface area contributed by atoms with E-state index in [0.29, 0.717) is 51.7 Å². The summed E-state index contributed by atoms with van der Waals surface area (Å²) in [5, 5.41) is 17.6. The van der Waals surface area contributed by atoms with Gasteiger partial charge in [0.15, 0.2) is 5.58 Å². The molecule has 11 nitrogen and oxygen atoms in total. The van der Waals surface area contributed by atoms with Crippen molar-refractivity contribution >= 4 is 68.4 Å². The zero-order valence-electron chi connectivity index (χ0n) is 24.5. The number of aromatic hydroxyl groups is 1. The van der Waals surface area contributed by atoms with Crippen LogP contribution in [0.2, 0.25) is 0 Å². The van der Waals surface area contributed by atoms with Crippen LogP contribution in [0.1, 0.15) is 53.4 Å². The molecule has 3 N–H and O–H groups in total. The van der Waals surface area contributed by atoms with Gasteiger partial charge in [-0.2, -0.15) is 0 Å². The van der Waals surface area contributed by atoms with Crippen molar-refractivity contribution in [3.05, 3.63) is 77.9 Å². The number of hydrogen-bond donors (Lipinski definition) is 3. The van der Waals surface area contributed by atoms with Gasteiger partial charge in [-0.15, -0.1) is 11.6 Å². The molecule has 1 aliphatic rings. The Bertz CT molecular complexity index is 1960. The average Bonchev–Trinajstić information content (AvgIpc) is 3.66. The van der Waals surface area contributed by atoms with Crippen LogP contribution >= 0.6 is 11.6 Å². The lowest BCUT2D eigenvalue weighted by atomic mass is 9.95. The molecule has 5 aromatic rings. The van der Waals surface area contributed by atoms with Gasteiger partial charge in [0.25, 0.3) is 11.8 Å². The molecule has 3 aromatic carbocycles. The highest BCUT2D eigenvalue weighted by molar-refractivity contribution is 6.19. The Hall–Kier alpha value is -5.03. The number of fused-ring (bicyclic) bond motifs is 4. The lowest BCUT2D eigenvalue weighted by molar-refractivity contribution is 0.0635. The van der Waals surface area contributed by atoms with E-state index >= 15 is 0 Å². The first-order valence-electron chi connectivity index (χ1n) is 13.9. The SMILES string of the molecule is Cn1cc(NC(=O)c2nc3ccc(NC(=O)OC(C)(C)C)cc3o2)cc1C(=O)N1C[C@@H](CCl)c2c1cc(O)c1ccccc21. The molecule has 226 valence electrons. The molecule has 0 fully saturated rings. The number of carbonyl (C=O) groups is 3. The fourth-order valence-electron chi connectivity index (χ4n) is 5.43. The lowest BCUT2D eigenvalue weighted by Gasteiger charge is -2.19. The Morgan fingerprint density at radius 2 is 1.82 bits per heavy atom. The first-order valence-corrected chi connectivity index (χ1v) is 14.5. The van der Waals surface area contributed by atoms with E-state index in [9.17, 15) is 19.5 Å². The third kappa shape index (κ3) is 5.42. The van der Waals surface area contributed by atoms with E-state index in [1.807, 2.05) is 24.3 Å². The fraction of sp³-hybridized carbons (Fsp3) is 0.250. The van der Waals surface area contributed by atoms with Gasteiger partial charge in [-0.25, -0.2) is 9.78 Å². The molecule has 3 heterocycles. The molecule has 0 saturated heterocycles. The quantitative estimate of drug-likeness (QED) is 0.189. The molecule has 0 aliphatic carbocycles. The molecule has 0 unspecified atom stereocenters. The second-order valence-electron chi connectivity index (χ2n) is 11.6. The van der Waals surface area contributed by atoms with Gasteiger partial charge in [0.1, 0.15) is 22.6 Å². The van der Waals surface area contributed by atoms with E-state index in [1.165, 1.54) is 0 Å². The Kier molecular flexibility index (Phi) is 7.21. The molecule has 0 radical (unpaired) electrons. The molecule has 12 heteroatoms. The summed E-state index contributed by atoms with van der Waals surface area (Å²) in [6.45, 7) is 5.64. The van der Waals surface area contributed by atoms with Crippen molar-refractivity contribution in [3.63, 3.8) is 0 Å². The van der Waals surface area contributed by atoms with E-state index in [1.54, 1.807) is 73.8 Å². The Morgan fingerprint density at radius 1 is 1.07 bits per heavy atom. The number of phenols is 1. The van der Waals surface area contributed by atoms with Crippen LogP contribution in [0.3, 0.4) is 0 Å². The van der Waals surface area contributed by atoms with Crippen LogP contribution in [0.15, 0.2) is 65.2 Å². The molecule has 2 aromatic heterocycles. The number of anilines is 3. The number of oxazole rings is 1. The molecule has 0 spiro atoms. The number of alkyl halides is 1. The summed E-state index contributed by atoms with van der Waals surface area (Å²) in [5.74, 6) is -0.825. The highest BCUT2D eigenvalue weighted by atomic mass is 35.5. The molecule has 1 aliphatic heterocycles. The lowest BCUT2D eigenvalue weighted by Crippen LogP contribution is -2.31. The van der Waals surface area contributed by atoms with Gasteiger partial charge in [0.05, 0.1) is 11.4 Å². The molecule has 0 saturated carbocycles. The van der Waals surface area contributed by atoms with E-state index < -0.39 is 17.6 Å². The van der Waals surface area contributed by atoms with Crippen LogP contribution in [0.5, 0.6) is 5.75 Å². The third-order valence-electron chi connectivity index (χ3n) is 7.29. The first kappa shape index (κ1) is 29.1. The van der Waals surface area contributed by atoms with E-state index in [0.717, 1.165) is 10.9 Å². The number of aryl methyl sites for hydroxylation is 1. The fourth-order valence-corrected chi connectivity index (χ4v) is 5.69. The van der Waals surface area contributed by atoms with Gasteiger partial charge in [-0.1, -0.05) is 24.3 Å². The van der Waals surface area contributed by atoms with Crippen LogP contribution in [-0.2, 0) is 11.8 Å². The van der Waals surface area contributed by atoms with Gasteiger partial charge in [0, 0.05) is 54.8 Å². The largest absolute Gasteiger partial charge is 0.507 e. The molecular weight excluding hydrogens is 586 g/mol. The van der Waals surface area contributed by atoms with Crippen molar-refractivity contribution in [1.29, 1.82) is 0 Å². The van der Waals surface area contributed by atoms with Crippen LogP contribution < -0.4 is 15.5 Å². The maximum Gasteiger partial charge on any atom is 0.412 e.